The second-order valence-electron chi connectivity index (χ2n) is 8.57. The maximum atomic E-state index is 10.7. The Hall–Kier alpha value is -1.14. The Balaban J connectivity index is 1.63. The maximum Gasteiger partial charge on any atom is 0.121 e. The molecule has 3 N–H and O–H groups in total. The number of nitrogens with zero attached hydrogens (tertiary/aromatic N) is 2. The summed E-state index contributed by atoms with van der Waals surface area (Å²) in [5.41, 5.74) is 1.17. The zero-order chi connectivity index (χ0) is 18.2. The summed E-state index contributed by atoms with van der Waals surface area (Å²) < 4.78 is 0. The molecule has 5 heteroatoms. The highest BCUT2D eigenvalue weighted by atomic mass is 16.3. The number of β-amino-alcohol motifs (C(OH)–C–C–N with tert-alkyl or cyclic N) is 1. The van der Waals surface area contributed by atoms with Gasteiger partial charge in [0.2, 0.25) is 0 Å². The molecule has 1 heterocycles. The fourth-order valence-corrected chi connectivity index (χ4v) is 3.65. The Morgan fingerprint density at radius 2 is 2.00 bits per heavy atom. The first kappa shape index (κ1) is 18.6. The highest BCUT2D eigenvalue weighted by molar-refractivity contribution is 5.36. The van der Waals surface area contributed by atoms with Crippen LogP contribution in [0.2, 0.25) is 0 Å². The largest absolute Gasteiger partial charge is 0.508 e. The maximum absolute atomic E-state index is 10.7. The van der Waals surface area contributed by atoms with Gasteiger partial charge < -0.3 is 15.3 Å². The second-order valence-corrected chi connectivity index (χ2v) is 8.57. The van der Waals surface area contributed by atoms with Crippen molar-refractivity contribution in [1.29, 1.82) is 0 Å². The minimum Gasteiger partial charge on any atom is -0.508 e. The van der Waals surface area contributed by atoms with Crippen molar-refractivity contribution in [3.8, 4) is 5.75 Å². The predicted octanol–water partition coefficient (Wildman–Crippen LogP) is 2.26. The van der Waals surface area contributed by atoms with E-state index in [1.165, 1.54) is 25.8 Å². The van der Waals surface area contributed by atoms with E-state index in [-0.39, 0.29) is 17.9 Å². The molecule has 1 aromatic rings. The van der Waals surface area contributed by atoms with Gasteiger partial charge in [0.05, 0.1) is 12.7 Å². The Morgan fingerprint density at radius 1 is 1.28 bits per heavy atom. The Bertz CT molecular complexity index is 595. The van der Waals surface area contributed by atoms with Gasteiger partial charge in [-0.15, -0.1) is 0 Å². The number of benzene rings is 1. The van der Waals surface area contributed by atoms with Crippen molar-refractivity contribution in [3.05, 3.63) is 29.3 Å². The van der Waals surface area contributed by atoms with E-state index in [1.54, 1.807) is 18.2 Å². The van der Waals surface area contributed by atoms with Gasteiger partial charge >= 0.3 is 0 Å². The van der Waals surface area contributed by atoms with E-state index in [0.29, 0.717) is 18.2 Å². The molecule has 1 aliphatic carbocycles. The van der Waals surface area contributed by atoms with Crippen LogP contribution in [0.25, 0.3) is 0 Å². The summed E-state index contributed by atoms with van der Waals surface area (Å²) in [6, 6.07) is 6.38. The van der Waals surface area contributed by atoms with Gasteiger partial charge in [-0.3, -0.25) is 9.80 Å². The zero-order valence-corrected chi connectivity index (χ0v) is 15.6. The van der Waals surface area contributed by atoms with Gasteiger partial charge in [-0.05, 0) is 51.3 Å². The van der Waals surface area contributed by atoms with E-state index >= 15 is 0 Å². The third-order valence-corrected chi connectivity index (χ3v) is 5.73. The van der Waals surface area contributed by atoms with Crippen LogP contribution in [0.1, 0.15) is 57.3 Å². The summed E-state index contributed by atoms with van der Waals surface area (Å²) in [5, 5.41) is 29.7. The molecule has 140 valence electrons. The summed E-state index contributed by atoms with van der Waals surface area (Å²) in [5.74, 6) is 0.0697. The predicted molar refractivity (Wildman–Crippen MR) is 98.4 cm³/mol. The number of rotatable bonds is 7. The number of aromatic hydroxyl groups is 1. The number of aliphatic hydroxyl groups is 2. The van der Waals surface area contributed by atoms with Crippen molar-refractivity contribution < 1.29 is 15.3 Å². The lowest BCUT2D eigenvalue weighted by molar-refractivity contribution is 0.0539. The minimum absolute atomic E-state index is 0.0222. The summed E-state index contributed by atoms with van der Waals surface area (Å²) in [4.78, 5) is 4.95. The van der Waals surface area contributed by atoms with Gasteiger partial charge in [-0.25, -0.2) is 0 Å². The van der Waals surface area contributed by atoms with E-state index < -0.39 is 6.10 Å². The van der Waals surface area contributed by atoms with E-state index in [1.807, 2.05) is 0 Å². The lowest BCUT2D eigenvalue weighted by Gasteiger charge is -2.38. The second kappa shape index (κ2) is 7.23. The molecule has 1 saturated carbocycles. The molecule has 25 heavy (non-hydrogen) atoms. The topological polar surface area (TPSA) is 66.9 Å². The molecule has 3 unspecified atom stereocenters. The molecule has 1 aliphatic heterocycles. The molecular weight excluding hydrogens is 316 g/mol. The van der Waals surface area contributed by atoms with Crippen LogP contribution < -0.4 is 0 Å². The van der Waals surface area contributed by atoms with Crippen molar-refractivity contribution in [2.24, 2.45) is 0 Å². The average Bonchev–Trinajstić information content (AvgIpc) is 3.22. The van der Waals surface area contributed by atoms with Crippen molar-refractivity contribution in [1.82, 2.24) is 9.80 Å². The Morgan fingerprint density at radius 3 is 2.56 bits per heavy atom. The standard InChI is InChI=1S/C20H32N2O3/c1-20(2,3)21(10-17-11-22(17)16-5-4-6-16)12-19(25)14-7-8-18(24)15(9-14)13-23/h7-9,16-17,19,23-25H,4-6,10-13H2,1-3H3. The first-order chi connectivity index (χ1) is 11.8. The van der Waals surface area contributed by atoms with Crippen molar-refractivity contribution in [2.45, 2.75) is 70.4 Å². The van der Waals surface area contributed by atoms with Gasteiger partial charge in [-0.2, -0.15) is 0 Å². The highest BCUT2D eigenvalue weighted by Gasteiger charge is 2.43. The fourth-order valence-electron chi connectivity index (χ4n) is 3.65. The van der Waals surface area contributed by atoms with E-state index in [9.17, 15) is 15.3 Å². The minimum atomic E-state index is -0.638. The lowest BCUT2D eigenvalue weighted by Crippen LogP contribution is -2.46. The monoisotopic (exact) mass is 348 g/mol. The quantitative estimate of drug-likeness (QED) is 0.660. The van der Waals surface area contributed by atoms with Crippen LogP contribution in [0, 0.1) is 0 Å². The first-order valence-corrected chi connectivity index (χ1v) is 9.41. The highest BCUT2D eigenvalue weighted by Crippen LogP contribution is 2.35. The van der Waals surface area contributed by atoms with Crippen LogP contribution >= 0.6 is 0 Å². The number of phenols is 1. The summed E-state index contributed by atoms with van der Waals surface area (Å²) in [6.07, 6.45) is 3.41. The molecular formula is C20H32N2O3. The average molecular weight is 348 g/mol. The molecule has 1 aromatic carbocycles. The van der Waals surface area contributed by atoms with Gasteiger partial charge in [-0.1, -0.05) is 12.5 Å². The van der Waals surface area contributed by atoms with Crippen LogP contribution in [0.15, 0.2) is 18.2 Å². The van der Waals surface area contributed by atoms with Crippen molar-refractivity contribution in [2.75, 3.05) is 19.6 Å². The molecule has 5 nitrogen and oxygen atoms in total. The SMILES string of the molecule is CC(C)(C)N(CC(O)c1ccc(O)c(CO)c1)CC1CN1C1CCC1. The molecule has 0 aromatic heterocycles. The van der Waals surface area contributed by atoms with Gasteiger partial charge in [0, 0.05) is 42.8 Å². The molecule has 2 fully saturated rings. The number of hydrogen-bond acceptors (Lipinski definition) is 5. The van der Waals surface area contributed by atoms with Crippen LogP contribution in [0.5, 0.6) is 5.75 Å². The third kappa shape index (κ3) is 4.34. The normalized spacial score (nSPS) is 25.0. The third-order valence-electron chi connectivity index (χ3n) is 5.73. The van der Waals surface area contributed by atoms with Crippen LogP contribution in [-0.2, 0) is 6.61 Å². The lowest BCUT2D eigenvalue weighted by atomic mass is 9.93. The fraction of sp³-hybridized carbons (Fsp3) is 0.700. The summed E-state index contributed by atoms with van der Waals surface area (Å²) >= 11 is 0. The number of hydrogen-bond donors (Lipinski definition) is 3. The van der Waals surface area contributed by atoms with Crippen LogP contribution in [-0.4, -0.2) is 62.4 Å². The molecule has 0 radical (unpaired) electrons. The molecule has 0 bridgehead atoms. The zero-order valence-electron chi connectivity index (χ0n) is 15.6. The molecule has 2 aliphatic rings. The van der Waals surface area contributed by atoms with E-state index in [0.717, 1.165) is 18.2 Å². The van der Waals surface area contributed by atoms with Gasteiger partial charge in [0.1, 0.15) is 5.75 Å². The van der Waals surface area contributed by atoms with Crippen molar-refractivity contribution >= 4 is 0 Å². The summed E-state index contributed by atoms with van der Waals surface area (Å²) in [7, 11) is 0. The van der Waals surface area contributed by atoms with Crippen LogP contribution in [0.3, 0.4) is 0 Å². The molecule has 0 spiro atoms. The Kier molecular flexibility index (Phi) is 5.40. The number of aliphatic hydroxyl groups excluding tert-OH is 2. The van der Waals surface area contributed by atoms with Gasteiger partial charge in [0.15, 0.2) is 0 Å². The van der Waals surface area contributed by atoms with Crippen LogP contribution in [0.4, 0.5) is 0 Å². The molecule has 1 saturated heterocycles. The molecule has 3 atom stereocenters. The van der Waals surface area contributed by atoms with Gasteiger partial charge in [0.25, 0.3) is 0 Å². The molecule has 3 rings (SSSR count). The molecule has 0 amide bonds. The summed E-state index contributed by atoms with van der Waals surface area (Å²) in [6.45, 7) is 9.04. The first-order valence-electron chi connectivity index (χ1n) is 9.41. The Labute approximate surface area is 150 Å². The van der Waals surface area contributed by atoms with Crippen molar-refractivity contribution in [3.63, 3.8) is 0 Å². The van der Waals surface area contributed by atoms with E-state index in [2.05, 4.69) is 30.6 Å². The smallest absolute Gasteiger partial charge is 0.121 e. The van der Waals surface area contributed by atoms with E-state index in [4.69, 9.17) is 0 Å².